The molecule has 1 aliphatic rings. The Hall–Kier alpha value is -3.48. The van der Waals surface area contributed by atoms with Crippen molar-refractivity contribution in [3.8, 4) is 19.5 Å². The number of fused-ring (bicyclic) bond motifs is 6. The van der Waals surface area contributed by atoms with Crippen molar-refractivity contribution < 1.29 is 9.59 Å². The van der Waals surface area contributed by atoms with Crippen LogP contribution < -0.4 is 11.1 Å². The third kappa shape index (κ3) is 14.0. The molecule has 6 aromatic heterocycles. The zero-order valence-electron chi connectivity index (χ0n) is 52.4. The number of imide groups is 1. The number of hydrogen-bond donors (Lipinski definition) is 0. The highest BCUT2D eigenvalue weighted by atomic mass is 32.1. The average Bonchev–Trinajstić information content (AvgIpc) is 3.85. The van der Waals surface area contributed by atoms with Gasteiger partial charge >= 0.3 is 0 Å². The molecule has 8 rings (SSSR count). The first-order valence-electron chi connectivity index (χ1n) is 32.9. The van der Waals surface area contributed by atoms with E-state index in [1.165, 1.54) is 103 Å². The zero-order valence-corrected chi connectivity index (χ0v) is 56.5. The third-order valence-electron chi connectivity index (χ3n) is 19.1. The Morgan fingerprint density at radius 3 is 1.23 bits per heavy atom. The Morgan fingerprint density at radius 2 is 0.768 bits per heavy atom. The quantitative estimate of drug-likeness (QED) is 0.0371. The number of nitrogens with zero attached hydrogens (tertiary/aromatic N) is 2. The molecule has 1 aliphatic heterocycles. The number of aryl methyl sites for hydroxylation is 4. The van der Waals surface area contributed by atoms with Gasteiger partial charge in [-0.05, 0) is 135 Å². The molecule has 0 radical (unpaired) electrons. The first kappa shape index (κ1) is 64.5. The lowest BCUT2D eigenvalue weighted by molar-refractivity contribution is 0.0528. The minimum absolute atomic E-state index is 0.143. The van der Waals surface area contributed by atoms with E-state index >= 15 is 14.4 Å². The number of unbranched alkanes of at least 4 members (excludes halogenated alkanes) is 5. The lowest BCUT2D eigenvalue weighted by Gasteiger charge is -2.32. The number of thiophene rings is 5. The van der Waals surface area contributed by atoms with Crippen LogP contribution in [-0.2, 0) is 19.4 Å². The van der Waals surface area contributed by atoms with E-state index in [0.29, 0.717) is 52.1 Å². The standard InChI is InChI=1S/C71H100N2O4S5/c1-13-23-28-46(18-6)33-35-52-54-37-44(11)78-62(54)53(36-34-47(19-7)29-24-14-2)55-41-58(80-63(52)55)66-60-61(71(77)73(70(60)76)51(39-48(20-8)30-25-15-3)40-49(21-9)31-26-16-4)67(82-66)59-42-57-65(81-59)64-56(38-45(12)79-64)68(74)72(69(57)75)43-50(22-10)32-27-17-5/h37-38,41-42,46-51H,13-36,39-40,43H2,1-12H3. The SMILES string of the molecule is CCCCC(CC)CCc1c2cc(-c3sc(-c4cc5c(=O)n(CC(CC)CCCC)c(=O)c6cc(C)sc6c5s4)c4c3C(=O)N(C(CC(CC)CCCC)CC(CC)CCCC)C4=O)sc2c(CCC(CC)CCCC)c2cc(C)sc12. The fourth-order valence-electron chi connectivity index (χ4n) is 13.7. The summed E-state index contributed by atoms with van der Waals surface area (Å²) in [6, 6.07) is 8.66. The van der Waals surface area contributed by atoms with Crippen LogP contribution in [-0.4, -0.2) is 27.3 Å². The van der Waals surface area contributed by atoms with Crippen molar-refractivity contribution in [3.63, 3.8) is 0 Å². The molecule has 6 nitrogen and oxygen atoms in total. The number of aromatic nitrogens is 1. The van der Waals surface area contributed by atoms with Crippen LogP contribution >= 0.6 is 56.7 Å². The van der Waals surface area contributed by atoms with Crippen LogP contribution in [0, 0.1) is 43.4 Å². The predicted molar refractivity (Wildman–Crippen MR) is 363 cm³/mol. The number of benzene rings is 1. The van der Waals surface area contributed by atoms with Crippen LogP contribution in [0.1, 0.15) is 265 Å². The lowest BCUT2D eigenvalue weighted by atomic mass is 9.84. The van der Waals surface area contributed by atoms with Gasteiger partial charge in [0.2, 0.25) is 0 Å². The molecule has 2 amide bonds. The Kier molecular flexibility index (Phi) is 23.8. The molecular formula is C71H100N2O4S5. The minimum atomic E-state index is -0.258. The highest BCUT2D eigenvalue weighted by Gasteiger charge is 2.46. The molecule has 0 saturated carbocycles. The van der Waals surface area contributed by atoms with E-state index in [0.717, 1.165) is 149 Å². The van der Waals surface area contributed by atoms with E-state index in [1.807, 2.05) is 41.7 Å². The van der Waals surface area contributed by atoms with E-state index in [4.69, 9.17) is 0 Å². The lowest BCUT2D eigenvalue weighted by Crippen LogP contribution is -2.42. The van der Waals surface area contributed by atoms with Crippen LogP contribution in [0.2, 0.25) is 0 Å². The summed E-state index contributed by atoms with van der Waals surface area (Å²) in [6.45, 7) is 27.5. The van der Waals surface area contributed by atoms with Crippen LogP contribution in [0.4, 0.5) is 0 Å². The van der Waals surface area contributed by atoms with Gasteiger partial charge in [-0.25, -0.2) is 0 Å². The van der Waals surface area contributed by atoms with Crippen molar-refractivity contribution in [2.75, 3.05) is 0 Å². The first-order chi connectivity index (χ1) is 39.7. The van der Waals surface area contributed by atoms with Gasteiger partial charge in [-0.2, -0.15) is 0 Å². The van der Waals surface area contributed by atoms with Gasteiger partial charge in [0, 0.05) is 41.5 Å². The van der Waals surface area contributed by atoms with E-state index in [-0.39, 0.29) is 34.9 Å². The smallest absolute Gasteiger partial charge is 0.263 e. The summed E-state index contributed by atoms with van der Waals surface area (Å²) < 4.78 is 5.95. The highest BCUT2D eigenvalue weighted by Crippen LogP contribution is 2.54. The van der Waals surface area contributed by atoms with Crippen molar-refractivity contribution in [1.82, 2.24) is 9.47 Å². The van der Waals surface area contributed by atoms with Crippen molar-refractivity contribution in [3.05, 3.63) is 77.0 Å². The Balaban J connectivity index is 1.39. The number of carbonyl (C=O) groups is 2. The molecule has 5 unspecified atom stereocenters. The van der Waals surface area contributed by atoms with Gasteiger partial charge in [-0.15, -0.1) is 56.7 Å². The maximum atomic E-state index is 16.2. The number of amides is 2. The summed E-state index contributed by atoms with van der Waals surface area (Å²) in [4.78, 5) is 69.8. The summed E-state index contributed by atoms with van der Waals surface area (Å²) in [5.41, 5.74) is 3.51. The number of rotatable bonds is 35. The van der Waals surface area contributed by atoms with Gasteiger partial charge in [0.25, 0.3) is 22.9 Å². The molecule has 82 heavy (non-hydrogen) atoms. The van der Waals surface area contributed by atoms with Crippen molar-refractivity contribution in [2.24, 2.45) is 29.6 Å². The second-order valence-corrected chi connectivity index (χ2v) is 30.5. The molecule has 448 valence electrons. The summed E-state index contributed by atoms with van der Waals surface area (Å²) in [7, 11) is 0. The fourth-order valence-corrected chi connectivity index (χ4v) is 19.9. The van der Waals surface area contributed by atoms with Crippen LogP contribution in [0.5, 0.6) is 0 Å². The van der Waals surface area contributed by atoms with Crippen molar-refractivity contribution in [2.45, 2.75) is 263 Å². The summed E-state index contributed by atoms with van der Waals surface area (Å²) in [5, 5.41) is 3.86. The first-order valence-corrected chi connectivity index (χ1v) is 36.9. The third-order valence-corrected chi connectivity index (χ3v) is 25.3. The fraction of sp³-hybridized carbons (Fsp3) is 0.634. The number of hydrogen-bond acceptors (Lipinski definition) is 9. The molecule has 5 atom stereocenters. The van der Waals surface area contributed by atoms with E-state index in [1.54, 1.807) is 27.6 Å². The van der Waals surface area contributed by atoms with Gasteiger partial charge in [0.15, 0.2) is 0 Å². The second-order valence-electron chi connectivity index (χ2n) is 24.9. The van der Waals surface area contributed by atoms with E-state index < -0.39 is 0 Å². The molecule has 11 heteroatoms. The second kappa shape index (κ2) is 30.2. The summed E-state index contributed by atoms with van der Waals surface area (Å²) >= 11 is 8.52. The topological polar surface area (TPSA) is 76.5 Å². The Labute approximate surface area is 512 Å². The average molecular weight is 1210 g/mol. The molecule has 0 spiro atoms. The van der Waals surface area contributed by atoms with Gasteiger partial charge in [0.05, 0.1) is 41.1 Å². The maximum Gasteiger partial charge on any atom is 0.263 e. The predicted octanol–water partition coefficient (Wildman–Crippen LogP) is 22.8. The molecule has 0 aliphatic carbocycles. The van der Waals surface area contributed by atoms with E-state index in [2.05, 4.69) is 88.3 Å². The van der Waals surface area contributed by atoms with Crippen LogP contribution in [0.25, 0.3) is 59.9 Å². The molecule has 0 fully saturated rings. The highest BCUT2D eigenvalue weighted by molar-refractivity contribution is 7.32. The monoisotopic (exact) mass is 1200 g/mol. The largest absolute Gasteiger partial charge is 0.274 e. The molecule has 1 aromatic carbocycles. The molecule has 0 N–H and O–H groups in total. The molecule has 0 saturated heterocycles. The Morgan fingerprint density at radius 1 is 0.402 bits per heavy atom. The van der Waals surface area contributed by atoms with Crippen molar-refractivity contribution >= 4 is 109 Å². The Bertz CT molecular complexity index is 3300. The van der Waals surface area contributed by atoms with Gasteiger partial charge < -0.3 is 0 Å². The molecular weight excluding hydrogens is 1110 g/mol. The maximum absolute atomic E-state index is 16.2. The summed E-state index contributed by atoms with van der Waals surface area (Å²) in [5.74, 6) is 2.05. The molecule has 0 bridgehead atoms. The molecule has 7 aromatic rings. The zero-order chi connectivity index (χ0) is 58.8. The van der Waals surface area contributed by atoms with Gasteiger partial charge in [-0.3, -0.25) is 28.6 Å². The summed E-state index contributed by atoms with van der Waals surface area (Å²) in [6.07, 6.45) is 28.5. The minimum Gasteiger partial charge on any atom is -0.274 e. The van der Waals surface area contributed by atoms with Crippen molar-refractivity contribution in [1.29, 1.82) is 0 Å². The van der Waals surface area contributed by atoms with Gasteiger partial charge in [-0.1, -0.05) is 191 Å². The molecule has 7 heterocycles. The van der Waals surface area contributed by atoms with Gasteiger partial charge in [0.1, 0.15) is 0 Å². The number of carbonyl (C=O) groups excluding carboxylic acids is 2. The van der Waals surface area contributed by atoms with Crippen LogP contribution in [0.15, 0.2) is 33.9 Å². The van der Waals surface area contributed by atoms with E-state index in [9.17, 15) is 4.79 Å². The van der Waals surface area contributed by atoms with Crippen LogP contribution in [0.3, 0.4) is 0 Å². The normalized spacial score (nSPS) is 15.2.